The van der Waals surface area contributed by atoms with Crippen LogP contribution in [0.5, 0.6) is 0 Å². The Morgan fingerprint density at radius 2 is 1.05 bits per heavy atom. The number of carboxylic acid groups (broad SMARTS) is 4. The van der Waals surface area contributed by atoms with E-state index in [9.17, 15) is 39.6 Å². The Labute approximate surface area is 209 Å². The molecular formula is C8H7NNa4O8. The summed E-state index contributed by atoms with van der Waals surface area (Å²) in [7, 11) is 0. The molecule has 21 heavy (non-hydrogen) atoms. The topological polar surface area (TPSA) is 164 Å². The van der Waals surface area contributed by atoms with Gasteiger partial charge in [-0.05, 0) is 0 Å². The number of rotatable bonds is 8. The van der Waals surface area contributed by atoms with Crippen molar-refractivity contribution in [3.05, 3.63) is 0 Å². The Bertz CT molecular complexity index is 337. The Kier molecular flexibility index (Phi) is 29.6. The van der Waals surface area contributed by atoms with Gasteiger partial charge in [0.05, 0.1) is 23.9 Å². The van der Waals surface area contributed by atoms with Crippen LogP contribution in [-0.4, -0.2) is 47.9 Å². The first kappa shape index (κ1) is 34.2. The third-order valence-electron chi connectivity index (χ3n) is 1.74. The number of hydrogen-bond acceptors (Lipinski definition) is 9. The van der Waals surface area contributed by atoms with E-state index in [0.29, 0.717) is 4.90 Å². The van der Waals surface area contributed by atoms with Gasteiger partial charge in [0.2, 0.25) is 0 Å². The van der Waals surface area contributed by atoms with E-state index in [1.54, 1.807) is 0 Å². The smallest absolute Gasteiger partial charge is 0.550 e. The zero-order valence-electron chi connectivity index (χ0n) is 12.4. The quantitative estimate of drug-likeness (QED) is 0.391. The van der Waals surface area contributed by atoms with Crippen LogP contribution in [0.3, 0.4) is 0 Å². The number of nitrogens with zero attached hydrogens (tertiary/aromatic N) is 1. The maximum absolute atomic E-state index is 10.6. The van der Waals surface area contributed by atoms with Gasteiger partial charge in [-0.15, -0.1) is 0 Å². The molecule has 0 heterocycles. The molecule has 1 atom stereocenters. The van der Waals surface area contributed by atoms with Crippen molar-refractivity contribution in [3.63, 3.8) is 0 Å². The average Bonchev–Trinajstić information content (AvgIpc) is 2.10. The Balaban J connectivity index is -0.000000213. The van der Waals surface area contributed by atoms with Gasteiger partial charge in [-0.3, -0.25) is 4.90 Å². The zero-order valence-corrected chi connectivity index (χ0v) is 20.4. The van der Waals surface area contributed by atoms with Crippen molar-refractivity contribution in [1.82, 2.24) is 4.90 Å². The molecule has 0 aliphatic heterocycles. The van der Waals surface area contributed by atoms with Gasteiger partial charge >= 0.3 is 118 Å². The summed E-state index contributed by atoms with van der Waals surface area (Å²) in [6, 6.07) is -1.95. The first-order valence-electron chi connectivity index (χ1n) is 4.28. The summed E-state index contributed by atoms with van der Waals surface area (Å²) in [6.45, 7) is -2.17. The Morgan fingerprint density at radius 3 is 1.24 bits per heavy atom. The van der Waals surface area contributed by atoms with Gasteiger partial charge in [0.15, 0.2) is 0 Å². The van der Waals surface area contributed by atoms with Gasteiger partial charge in [-0.2, -0.15) is 0 Å². The maximum atomic E-state index is 10.6. The molecular weight excluding hydrogens is 330 g/mol. The second kappa shape index (κ2) is 18.2. The summed E-state index contributed by atoms with van der Waals surface area (Å²) in [5, 5.41) is 41.3. The summed E-state index contributed by atoms with van der Waals surface area (Å²) in [4.78, 5) is 41.7. The summed E-state index contributed by atoms with van der Waals surface area (Å²) >= 11 is 0. The van der Waals surface area contributed by atoms with Crippen LogP contribution in [0.4, 0.5) is 0 Å². The number of carbonyl (C=O) groups is 4. The van der Waals surface area contributed by atoms with Crippen molar-refractivity contribution in [2.45, 2.75) is 12.5 Å². The predicted octanol–water partition coefficient (Wildman–Crippen LogP) is -18.9. The zero-order chi connectivity index (χ0) is 13.6. The number of hydrogen-bond donors (Lipinski definition) is 0. The van der Waals surface area contributed by atoms with Gasteiger partial charge in [-0.1, -0.05) is 0 Å². The first-order valence-corrected chi connectivity index (χ1v) is 4.28. The van der Waals surface area contributed by atoms with Crippen molar-refractivity contribution < 1.29 is 158 Å². The normalized spacial score (nSPS) is 9.76. The van der Waals surface area contributed by atoms with E-state index in [0.717, 1.165) is 0 Å². The molecule has 0 rings (SSSR count). The molecule has 96 valence electrons. The molecule has 0 aliphatic carbocycles. The summed E-state index contributed by atoms with van der Waals surface area (Å²) in [6.07, 6.45) is -1.11. The molecule has 9 nitrogen and oxygen atoms in total. The van der Waals surface area contributed by atoms with Gasteiger partial charge < -0.3 is 39.6 Å². The maximum Gasteiger partial charge on any atom is 1.00 e. The third kappa shape index (κ3) is 18.0. The largest absolute Gasteiger partial charge is 1.00 e. The monoisotopic (exact) mass is 337 g/mol. The molecule has 0 bridgehead atoms. The van der Waals surface area contributed by atoms with Crippen molar-refractivity contribution in [2.75, 3.05) is 13.1 Å². The van der Waals surface area contributed by atoms with E-state index in [2.05, 4.69) is 0 Å². The Hall–Kier alpha value is 1.84. The van der Waals surface area contributed by atoms with E-state index in [4.69, 9.17) is 0 Å². The van der Waals surface area contributed by atoms with Crippen LogP contribution in [0.2, 0.25) is 0 Å². The number of carbonyl (C=O) groups excluding carboxylic acids is 4. The minimum absolute atomic E-state index is 0. The fourth-order valence-corrected chi connectivity index (χ4v) is 1.13. The first-order chi connectivity index (χ1) is 7.73. The minimum Gasteiger partial charge on any atom is -0.550 e. The van der Waals surface area contributed by atoms with Gasteiger partial charge in [0.1, 0.15) is 0 Å². The second-order valence-electron chi connectivity index (χ2n) is 3.06. The van der Waals surface area contributed by atoms with E-state index < -0.39 is 49.4 Å². The van der Waals surface area contributed by atoms with E-state index in [-0.39, 0.29) is 118 Å². The van der Waals surface area contributed by atoms with Crippen molar-refractivity contribution in [2.24, 2.45) is 0 Å². The van der Waals surface area contributed by atoms with E-state index >= 15 is 0 Å². The molecule has 0 aliphatic rings. The van der Waals surface area contributed by atoms with Crippen LogP contribution in [0.25, 0.3) is 0 Å². The molecule has 1 unspecified atom stereocenters. The SMILES string of the molecule is O=C([O-])CC(C(=O)[O-])N(CC(=O)[O-])CC(=O)[O-].[Na+].[Na+].[Na+].[Na+]. The summed E-state index contributed by atoms with van der Waals surface area (Å²) in [5.41, 5.74) is 0. The molecule has 0 aromatic heterocycles. The molecule has 0 aromatic carbocycles. The minimum atomic E-state index is -1.95. The fourth-order valence-electron chi connectivity index (χ4n) is 1.13. The predicted molar refractivity (Wildman–Crippen MR) is 40.0 cm³/mol. The third-order valence-corrected chi connectivity index (χ3v) is 1.74. The Morgan fingerprint density at radius 1 is 0.714 bits per heavy atom. The van der Waals surface area contributed by atoms with Crippen molar-refractivity contribution in [1.29, 1.82) is 0 Å². The molecule has 0 saturated carbocycles. The van der Waals surface area contributed by atoms with Crippen molar-refractivity contribution >= 4 is 23.9 Å². The van der Waals surface area contributed by atoms with Crippen LogP contribution in [0, 0.1) is 0 Å². The summed E-state index contributed by atoms with van der Waals surface area (Å²) in [5.74, 6) is -7.26. The second-order valence-corrected chi connectivity index (χ2v) is 3.06. The molecule has 0 N–H and O–H groups in total. The molecule has 0 aromatic rings. The fraction of sp³-hybridized carbons (Fsp3) is 0.500. The molecule has 0 radical (unpaired) electrons. The standard InChI is InChI=1S/C8H11NO8.4Na/c10-5(11)1-4(8(16)17)9(2-6(12)13)3-7(14)15;;;;/h4H,1-3H2,(H,10,11)(H,12,13)(H,14,15)(H,16,17);;;;/q;4*+1/p-4. The molecule has 0 amide bonds. The van der Waals surface area contributed by atoms with Crippen LogP contribution < -0.4 is 139 Å². The van der Waals surface area contributed by atoms with Crippen LogP contribution in [-0.2, 0) is 19.2 Å². The van der Waals surface area contributed by atoms with Gasteiger partial charge in [-0.25, -0.2) is 0 Å². The van der Waals surface area contributed by atoms with Crippen molar-refractivity contribution in [3.8, 4) is 0 Å². The van der Waals surface area contributed by atoms with E-state index in [1.165, 1.54) is 0 Å². The number of carboxylic acids is 4. The number of aliphatic carboxylic acids is 4. The van der Waals surface area contributed by atoms with E-state index in [1.807, 2.05) is 0 Å². The van der Waals surface area contributed by atoms with Crippen LogP contribution in [0.15, 0.2) is 0 Å². The molecule has 0 spiro atoms. The van der Waals surface area contributed by atoms with Gasteiger partial charge in [0.25, 0.3) is 0 Å². The molecule has 0 fully saturated rings. The molecule has 13 heteroatoms. The van der Waals surface area contributed by atoms with Crippen LogP contribution >= 0.6 is 0 Å². The summed E-state index contributed by atoms with van der Waals surface area (Å²) < 4.78 is 0. The van der Waals surface area contributed by atoms with Crippen LogP contribution in [0.1, 0.15) is 6.42 Å². The molecule has 0 saturated heterocycles. The average molecular weight is 337 g/mol. The van der Waals surface area contributed by atoms with Gasteiger partial charge in [0, 0.05) is 25.5 Å².